The van der Waals surface area contributed by atoms with E-state index in [1.54, 1.807) is 0 Å². The Hall–Kier alpha value is -2.02. The molecule has 0 heterocycles. The van der Waals surface area contributed by atoms with Gasteiger partial charge >= 0.3 is 0 Å². The molecule has 1 amide bonds. The number of hydrogen-bond acceptors (Lipinski definition) is 3. The Morgan fingerprint density at radius 3 is 2.59 bits per heavy atom. The van der Waals surface area contributed by atoms with Crippen molar-refractivity contribution in [1.82, 2.24) is 5.32 Å². The van der Waals surface area contributed by atoms with Gasteiger partial charge in [-0.2, -0.15) is 5.26 Å². The van der Waals surface area contributed by atoms with Crippen LogP contribution < -0.4 is 10.1 Å². The van der Waals surface area contributed by atoms with Crippen molar-refractivity contribution >= 4 is 5.91 Å². The van der Waals surface area contributed by atoms with Gasteiger partial charge in [-0.1, -0.05) is 26.0 Å². The fraction of sp³-hybridized carbons (Fsp3) is 0.385. The van der Waals surface area contributed by atoms with Crippen LogP contribution in [-0.4, -0.2) is 19.1 Å². The van der Waals surface area contributed by atoms with Crippen molar-refractivity contribution in [3.63, 3.8) is 0 Å². The summed E-state index contributed by atoms with van der Waals surface area (Å²) in [5, 5.41) is 10.7. The normalized spacial score (nSPS) is 9.76. The second-order valence-corrected chi connectivity index (χ2v) is 3.95. The molecule has 0 fully saturated rings. The molecule has 0 aliphatic heterocycles. The molecule has 0 radical (unpaired) electrons. The first kappa shape index (κ1) is 13.0. The van der Waals surface area contributed by atoms with Gasteiger partial charge in [0.2, 0.25) is 0 Å². The lowest BCUT2D eigenvalue weighted by molar-refractivity contribution is -0.122. The summed E-state index contributed by atoms with van der Waals surface area (Å²) in [4.78, 5) is 11.2. The van der Waals surface area contributed by atoms with Crippen molar-refractivity contribution in [2.75, 3.05) is 13.2 Å². The molecule has 0 unspecified atom stereocenters. The third-order valence-corrected chi connectivity index (χ3v) is 2.28. The number of rotatable bonds is 5. The van der Waals surface area contributed by atoms with E-state index in [0.717, 1.165) is 0 Å². The van der Waals surface area contributed by atoms with Gasteiger partial charge in [0.1, 0.15) is 12.3 Å². The molecule has 4 heteroatoms. The molecule has 0 atom stereocenters. The van der Waals surface area contributed by atoms with Crippen LogP contribution in [0.4, 0.5) is 0 Å². The number of carbonyl (C=O) groups is 1. The summed E-state index contributed by atoms with van der Waals surface area (Å²) in [6, 6.07) is 9.47. The molecule has 1 N–H and O–H groups in total. The Labute approximate surface area is 101 Å². The maximum Gasteiger partial charge on any atom is 0.258 e. The van der Waals surface area contributed by atoms with E-state index >= 15 is 0 Å². The highest BCUT2D eigenvalue weighted by molar-refractivity contribution is 5.77. The number of nitriles is 1. The largest absolute Gasteiger partial charge is 0.484 e. The first-order valence-electron chi connectivity index (χ1n) is 5.50. The SMILES string of the molecule is CC(C)c1ccc(OCC(=O)NCC#N)cc1. The van der Waals surface area contributed by atoms with E-state index in [4.69, 9.17) is 10.00 Å². The predicted molar refractivity (Wildman–Crippen MR) is 64.6 cm³/mol. The van der Waals surface area contributed by atoms with Gasteiger partial charge in [0.05, 0.1) is 6.07 Å². The van der Waals surface area contributed by atoms with E-state index in [1.807, 2.05) is 30.3 Å². The predicted octanol–water partition coefficient (Wildman–Crippen LogP) is 1.83. The second kappa shape index (κ2) is 6.54. The fourth-order valence-electron chi connectivity index (χ4n) is 1.29. The molecule has 1 rings (SSSR count). The average Bonchev–Trinajstić information content (AvgIpc) is 2.34. The number of nitrogens with zero attached hydrogens (tertiary/aromatic N) is 1. The maximum atomic E-state index is 11.2. The lowest BCUT2D eigenvalue weighted by Gasteiger charge is -2.08. The lowest BCUT2D eigenvalue weighted by atomic mass is 10.0. The van der Waals surface area contributed by atoms with Crippen LogP contribution in [-0.2, 0) is 4.79 Å². The Morgan fingerprint density at radius 2 is 2.06 bits per heavy atom. The van der Waals surface area contributed by atoms with Crippen LogP contribution in [0.15, 0.2) is 24.3 Å². The summed E-state index contributed by atoms with van der Waals surface area (Å²) < 4.78 is 5.28. The smallest absolute Gasteiger partial charge is 0.258 e. The molecule has 0 bridgehead atoms. The van der Waals surface area contributed by atoms with E-state index in [2.05, 4.69) is 19.2 Å². The van der Waals surface area contributed by atoms with Crippen molar-refractivity contribution in [1.29, 1.82) is 5.26 Å². The van der Waals surface area contributed by atoms with Gasteiger partial charge in [-0.15, -0.1) is 0 Å². The summed E-state index contributed by atoms with van der Waals surface area (Å²) in [5.41, 5.74) is 1.23. The van der Waals surface area contributed by atoms with Crippen LogP contribution in [0.1, 0.15) is 25.3 Å². The quantitative estimate of drug-likeness (QED) is 0.788. The van der Waals surface area contributed by atoms with Crippen molar-refractivity contribution < 1.29 is 9.53 Å². The molecular formula is C13H16N2O2. The minimum Gasteiger partial charge on any atom is -0.484 e. The molecule has 1 aromatic carbocycles. The van der Waals surface area contributed by atoms with Crippen LogP contribution in [0.5, 0.6) is 5.75 Å². The molecular weight excluding hydrogens is 216 g/mol. The van der Waals surface area contributed by atoms with E-state index < -0.39 is 0 Å². The van der Waals surface area contributed by atoms with Gasteiger partial charge in [-0.25, -0.2) is 0 Å². The second-order valence-electron chi connectivity index (χ2n) is 3.95. The van der Waals surface area contributed by atoms with Crippen molar-refractivity contribution in [2.24, 2.45) is 0 Å². The summed E-state index contributed by atoms with van der Waals surface area (Å²) in [6.07, 6.45) is 0. The highest BCUT2D eigenvalue weighted by Crippen LogP contribution is 2.18. The Morgan fingerprint density at radius 1 is 1.41 bits per heavy atom. The van der Waals surface area contributed by atoms with Gasteiger partial charge in [-0.3, -0.25) is 4.79 Å². The zero-order valence-electron chi connectivity index (χ0n) is 10.1. The third kappa shape index (κ3) is 4.56. The number of hydrogen-bond donors (Lipinski definition) is 1. The first-order valence-corrected chi connectivity index (χ1v) is 5.50. The highest BCUT2D eigenvalue weighted by atomic mass is 16.5. The average molecular weight is 232 g/mol. The number of benzene rings is 1. The molecule has 0 saturated carbocycles. The standard InChI is InChI=1S/C13H16N2O2/c1-10(2)11-3-5-12(6-4-11)17-9-13(16)15-8-7-14/h3-6,10H,8-9H2,1-2H3,(H,15,16). The zero-order chi connectivity index (χ0) is 12.7. The third-order valence-electron chi connectivity index (χ3n) is 2.28. The van der Waals surface area contributed by atoms with Gasteiger partial charge in [0.25, 0.3) is 5.91 Å². The van der Waals surface area contributed by atoms with Gasteiger partial charge < -0.3 is 10.1 Å². The molecule has 0 aromatic heterocycles. The summed E-state index contributed by atoms with van der Waals surface area (Å²) in [7, 11) is 0. The Balaban J connectivity index is 2.42. The molecule has 0 saturated heterocycles. The van der Waals surface area contributed by atoms with E-state index in [0.29, 0.717) is 11.7 Å². The van der Waals surface area contributed by atoms with Crippen molar-refractivity contribution in [2.45, 2.75) is 19.8 Å². The molecule has 4 nitrogen and oxygen atoms in total. The number of nitrogens with one attached hydrogen (secondary N) is 1. The van der Waals surface area contributed by atoms with Crippen LogP contribution in [0, 0.1) is 11.3 Å². The van der Waals surface area contributed by atoms with Crippen molar-refractivity contribution in [3.05, 3.63) is 29.8 Å². The van der Waals surface area contributed by atoms with Crippen LogP contribution in [0.25, 0.3) is 0 Å². The monoisotopic (exact) mass is 232 g/mol. The number of carbonyl (C=O) groups excluding carboxylic acids is 1. The van der Waals surface area contributed by atoms with E-state index in [-0.39, 0.29) is 19.1 Å². The van der Waals surface area contributed by atoms with Gasteiger partial charge in [0, 0.05) is 0 Å². The molecule has 0 aliphatic rings. The van der Waals surface area contributed by atoms with E-state index in [9.17, 15) is 4.79 Å². The fourth-order valence-corrected chi connectivity index (χ4v) is 1.29. The number of ether oxygens (including phenoxy) is 1. The van der Waals surface area contributed by atoms with Crippen LogP contribution in [0.3, 0.4) is 0 Å². The first-order chi connectivity index (χ1) is 8.13. The van der Waals surface area contributed by atoms with E-state index in [1.165, 1.54) is 5.56 Å². The molecule has 17 heavy (non-hydrogen) atoms. The molecule has 1 aromatic rings. The summed E-state index contributed by atoms with van der Waals surface area (Å²) in [5.74, 6) is 0.837. The summed E-state index contributed by atoms with van der Waals surface area (Å²) >= 11 is 0. The van der Waals surface area contributed by atoms with Crippen LogP contribution >= 0.6 is 0 Å². The van der Waals surface area contributed by atoms with Gasteiger partial charge in [-0.05, 0) is 23.6 Å². The molecule has 0 spiro atoms. The maximum absolute atomic E-state index is 11.2. The van der Waals surface area contributed by atoms with Gasteiger partial charge in [0.15, 0.2) is 6.61 Å². The topological polar surface area (TPSA) is 62.1 Å². The lowest BCUT2D eigenvalue weighted by Crippen LogP contribution is -2.28. The Bertz CT molecular complexity index is 404. The van der Waals surface area contributed by atoms with Crippen LogP contribution in [0.2, 0.25) is 0 Å². The molecule has 90 valence electrons. The zero-order valence-corrected chi connectivity index (χ0v) is 10.1. The Kier molecular flexibility index (Phi) is 5.02. The van der Waals surface area contributed by atoms with Crippen molar-refractivity contribution in [3.8, 4) is 11.8 Å². The molecule has 0 aliphatic carbocycles. The minimum atomic E-state index is -0.292. The summed E-state index contributed by atoms with van der Waals surface area (Å²) in [6.45, 7) is 4.17. The highest BCUT2D eigenvalue weighted by Gasteiger charge is 2.02. The number of amides is 1. The minimum absolute atomic E-state index is 0.00841.